The van der Waals surface area contributed by atoms with Crippen molar-refractivity contribution in [2.75, 3.05) is 11.1 Å². The number of benzene rings is 1. The molecule has 1 aliphatic carbocycles. The van der Waals surface area contributed by atoms with Crippen LogP contribution in [0.1, 0.15) is 38.2 Å². The summed E-state index contributed by atoms with van der Waals surface area (Å²) in [6.07, 6.45) is 3.05. The normalized spacial score (nSPS) is 15.5. The van der Waals surface area contributed by atoms with E-state index in [1.165, 1.54) is 0 Å². The molecule has 1 aliphatic rings. The first-order chi connectivity index (χ1) is 10.1. The molecular formula is C16H21NO3S. The molecule has 21 heavy (non-hydrogen) atoms. The fraction of sp³-hybridized carbons (Fsp3) is 0.500. The highest BCUT2D eigenvalue weighted by Crippen LogP contribution is 2.49. The number of hydrogen-bond acceptors (Lipinski definition) is 3. The van der Waals surface area contributed by atoms with Crippen molar-refractivity contribution in [2.24, 2.45) is 5.41 Å². The summed E-state index contributed by atoms with van der Waals surface area (Å²) >= 11 is 1.59. The van der Waals surface area contributed by atoms with Crippen LogP contribution in [-0.4, -0.2) is 22.7 Å². The highest BCUT2D eigenvalue weighted by molar-refractivity contribution is 7.98. The maximum absolute atomic E-state index is 12.2. The maximum Gasteiger partial charge on any atom is 0.304 e. The van der Waals surface area contributed by atoms with Crippen LogP contribution in [0.2, 0.25) is 0 Å². The zero-order valence-electron chi connectivity index (χ0n) is 12.2. The van der Waals surface area contributed by atoms with Gasteiger partial charge in [0.15, 0.2) is 0 Å². The summed E-state index contributed by atoms with van der Waals surface area (Å²) in [5.74, 6) is 0.722. The van der Waals surface area contributed by atoms with E-state index in [1.54, 1.807) is 11.8 Å². The summed E-state index contributed by atoms with van der Waals surface area (Å²) in [6, 6.07) is 7.79. The molecule has 1 fully saturated rings. The summed E-state index contributed by atoms with van der Waals surface area (Å²) in [4.78, 5) is 22.6. The van der Waals surface area contributed by atoms with E-state index in [-0.39, 0.29) is 17.7 Å². The molecule has 4 nitrogen and oxygen atoms in total. The van der Waals surface area contributed by atoms with E-state index in [0.717, 1.165) is 36.3 Å². The Morgan fingerprint density at radius 1 is 1.38 bits per heavy atom. The van der Waals surface area contributed by atoms with Gasteiger partial charge in [0.05, 0.1) is 6.42 Å². The second kappa shape index (κ2) is 6.98. The van der Waals surface area contributed by atoms with E-state index >= 15 is 0 Å². The fourth-order valence-electron chi connectivity index (χ4n) is 2.24. The fourth-order valence-corrected chi connectivity index (χ4v) is 3.12. The van der Waals surface area contributed by atoms with Crippen LogP contribution < -0.4 is 5.32 Å². The predicted molar refractivity (Wildman–Crippen MR) is 85.4 cm³/mol. The Labute approximate surface area is 129 Å². The lowest BCUT2D eigenvalue weighted by atomic mass is 10.0. The summed E-state index contributed by atoms with van der Waals surface area (Å²) in [6.45, 7) is 2.06. The van der Waals surface area contributed by atoms with Gasteiger partial charge in [-0.15, -0.1) is 0 Å². The number of carbonyl (C=O) groups is 2. The maximum atomic E-state index is 12.2. The third kappa shape index (κ3) is 4.49. The van der Waals surface area contributed by atoms with E-state index in [9.17, 15) is 9.59 Å². The van der Waals surface area contributed by atoms with Gasteiger partial charge in [-0.05, 0) is 37.0 Å². The van der Waals surface area contributed by atoms with Crippen LogP contribution >= 0.6 is 11.8 Å². The first kappa shape index (κ1) is 15.9. The summed E-state index contributed by atoms with van der Waals surface area (Å²) in [5.41, 5.74) is 1.80. The van der Waals surface area contributed by atoms with E-state index in [2.05, 4.69) is 12.2 Å². The largest absolute Gasteiger partial charge is 0.481 e. The molecule has 0 spiro atoms. The molecule has 2 rings (SSSR count). The lowest BCUT2D eigenvalue weighted by molar-refractivity contribution is -0.136. The highest BCUT2D eigenvalue weighted by atomic mass is 32.2. The van der Waals surface area contributed by atoms with Gasteiger partial charge in [0.25, 0.3) is 0 Å². The number of amides is 1. The quantitative estimate of drug-likeness (QED) is 0.721. The Balaban J connectivity index is 1.86. The zero-order valence-corrected chi connectivity index (χ0v) is 13.0. The van der Waals surface area contributed by atoms with Gasteiger partial charge in [0.1, 0.15) is 0 Å². The number of anilines is 1. The number of thioether (sulfide) groups is 1. The molecule has 1 amide bonds. The van der Waals surface area contributed by atoms with Gasteiger partial charge in [0, 0.05) is 22.6 Å². The van der Waals surface area contributed by atoms with Gasteiger partial charge in [-0.1, -0.05) is 19.1 Å². The number of aliphatic carboxylic acids is 1. The van der Waals surface area contributed by atoms with Gasteiger partial charge in [-0.25, -0.2) is 0 Å². The molecule has 0 atom stereocenters. The molecule has 1 saturated carbocycles. The van der Waals surface area contributed by atoms with Crippen molar-refractivity contribution in [3.05, 3.63) is 29.8 Å². The summed E-state index contributed by atoms with van der Waals surface area (Å²) in [7, 11) is 0. The molecule has 0 heterocycles. The summed E-state index contributed by atoms with van der Waals surface area (Å²) in [5, 5.41) is 11.6. The van der Waals surface area contributed by atoms with Gasteiger partial charge in [0.2, 0.25) is 5.91 Å². The van der Waals surface area contributed by atoms with Gasteiger partial charge < -0.3 is 10.4 Å². The first-order valence-electron chi connectivity index (χ1n) is 7.26. The monoisotopic (exact) mass is 307 g/mol. The number of nitrogens with one attached hydrogen (secondary N) is 1. The number of rotatable bonds is 8. The number of hydrogen-bond donors (Lipinski definition) is 2. The highest BCUT2D eigenvalue weighted by Gasteiger charge is 2.47. The minimum absolute atomic E-state index is 0.126. The smallest absolute Gasteiger partial charge is 0.304 e. The van der Waals surface area contributed by atoms with E-state index in [1.807, 2.05) is 24.3 Å². The lowest BCUT2D eigenvalue weighted by Gasteiger charge is -2.13. The van der Waals surface area contributed by atoms with Crippen LogP contribution in [-0.2, 0) is 15.3 Å². The van der Waals surface area contributed by atoms with Crippen molar-refractivity contribution in [3.8, 4) is 0 Å². The second-order valence-corrected chi connectivity index (χ2v) is 6.59. The Morgan fingerprint density at radius 3 is 2.76 bits per heavy atom. The van der Waals surface area contributed by atoms with E-state index in [0.29, 0.717) is 5.75 Å². The van der Waals surface area contributed by atoms with Crippen molar-refractivity contribution < 1.29 is 14.7 Å². The Hall–Kier alpha value is -1.49. The average Bonchev–Trinajstić information content (AvgIpc) is 3.25. The zero-order chi connectivity index (χ0) is 15.3. The average molecular weight is 307 g/mol. The molecule has 1 aromatic carbocycles. The minimum atomic E-state index is -0.766. The molecule has 0 radical (unpaired) electrons. The molecule has 1 aromatic rings. The van der Waals surface area contributed by atoms with Crippen LogP contribution in [0.15, 0.2) is 24.3 Å². The summed E-state index contributed by atoms with van der Waals surface area (Å²) < 4.78 is 0. The van der Waals surface area contributed by atoms with Gasteiger partial charge in [-0.2, -0.15) is 11.8 Å². The van der Waals surface area contributed by atoms with E-state index < -0.39 is 5.97 Å². The molecule has 0 unspecified atom stereocenters. The second-order valence-electron chi connectivity index (χ2n) is 5.48. The van der Waals surface area contributed by atoms with Crippen molar-refractivity contribution >= 4 is 29.3 Å². The van der Waals surface area contributed by atoms with Gasteiger partial charge in [-0.3, -0.25) is 9.59 Å². The van der Waals surface area contributed by atoms with Crippen LogP contribution in [0, 0.1) is 5.41 Å². The van der Waals surface area contributed by atoms with Crippen LogP contribution in [0.25, 0.3) is 0 Å². The Kier molecular flexibility index (Phi) is 5.28. The molecule has 0 bridgehead atoms. The van der Waals surface area contributed by atoms with Crippen LogP contribution in [0.5, 0.6) is 0 Å². The third-order valence-corrected chi connectivity index (χ3v) is 4.96. The van der Waals surface area contributed by atoms with Crippen LogP contribution in [0.3, 0.4) is 0 Å². The van der Waals surface area contributed by atoms with Crippen molar-refractivity contribution in [3.63, 3.8) is 0 Å². The lowest BCUT2D eigenvalue weighted by Crippen LogP contribution is -2.23. The number of carbonyl (C=O) groups excluding carboxylic acids is 1. The molecule has 114 valence electrons. The van der Waals surface area contributed by atoms with Crippen molar-refractivity contribution in [2.45, 2.75) is 38.4 Å². The SMILES string of the molecule is CCC1(C(=O)Nc2cccc(CSCCC(=O)O)c2)CC1. The standard InChI is InChI=1S/C16H21NO3S/c1-2-16(7-8-16)15(20)17-13-5-3-4-12(10-13)11-21-9-6-14(18)19/h3-5,10H,2,6-9,11H2,1H3,(H,17,20)(H,18,19). The minimum Gasteiger partial charge on any atom is -0.481 e. The Morgan fingerprint density at radius 2 is 2.14 bits per heavy atom. The topological polar surface area (TPSA) is 66.4 Å². The van der Waals surface area contributed by atoms with Gasteiger partial charge >= 0.3 is 5.97 Å². The molecule has 0 aliphatic heterocycles. The third-order valence-electron chi connectivity index (χ3n) is 3.93. The molecular weight excluding hydrogens is 286 g/mol. The Bertz CT molecular complexity index is 526. The molecule has 0 aromatic heterocycles. The molecule has 2 N–H and O–H groups in total. The number of carboxylic acids is 1. The van der Waals surface area contributed by atoms with Crippen molar-refractivity contribution in [1.29, 1.82) is 0 Å². The van der Waals surface area contributed by atoms with Crippen LogP contribution in [0.4, 0.5) is 5.69 Å². The number of carboxylic acid groups (broad SMARTS) is 1. The molecule has 5 heteroatoms. The van der Waals surface area contributed by atoms with E-state index in [4.69, 9.17) is 5.11 Å². The predicted octanol–water partition coefficient (Wildman–Crippen LogP) is 3.52. The first-order valence-corrected chi connectivity index (χ1v) is 8.41. The van der Waals surface area contributed by atoms with Crippen molar-refractivity contribution in [1.82, 2.24) is 0 Å². The molecule has 0 saturated heterocycles.